The highest BCUT2D eigenvalue weighted by atomic mass is 16.3. The smallest absolute Gasteiger partial charge is 0.143 e. The summed E-state index contributed by atoms with van der Waals surface area (Å²) in [6, 6.07) is 105. The van der Waals surface area contributed by atoms with Crippen LogP contribution in [-0.2, 0) is 0 Å². The molecule has 24 rings (SSSR count). The average Bonchev–Trinajstić information content (AvgIpc) is 1.33. The lowest BCUT2D eigenvalue weighted by Crippen LogP contribution is -1.96. The monoisotopic (exact) mass is 1620 g/mol. The fourth-order valence-electron chi connectivity index (χ4n) is 22.0. The maximum atomic E-state index is 7.17. The van der Waals surface area contributed by atoms with Crippen molar-refractivity contribution in [1.82, 2.24) is 0 Å². The Morgan fingerprint density at radius 2 is 0.429 bits per heavy atom. The summed E-state index contributed by atoms with van der Waals surface area (Å²) in [5.41, 5.74) is 44.2. The molecule has 0 fully saturated rings. The van der Waals surface area contributed by atoms with Crippen molar-refractivity contribution in [2.45, 2.75) is 123 Å². The second-order valence-electron chi connectivity index (χ2n) is 37.4. The minimum atomic E-state index is 0.393. The molecule has 0 radical (unpaired) electrons. The summed E-state index contributed by atoms with van der Waals surface area (Å²) in [7, 11) is 0. The van der Waals surface area contributed by atoms with Crippen LogP contribution >= 0.6 is 0 Å². The van der Waals surface area contributed by atoms with E-state index < -0.39 is 0 Å². The third-order valence-corrected chi connectivity index (χ3v) is 27.5. The van der Waals surface area contributed by atoms with Crippen molar-refractivity contribution in [1.29, 1.82) is 0 Å². The standard InChI is InChI=1S/C62H50O2.C60H46O2/c1-33(2)39-11-9-13-43(25-39)49-29-55-60-52(32-54-48-18-16-42(28-58(48)63-61(54)55)46-23-37(7)20-38(8)24-46)50(44-14-10-12-40(26-44)34(3)4)30-56-59(60)51(49)31-53-47-17-15-41(27-57(47)64-62(53)56)45-21-35(5)19-36(6)22-45;1-31-11-9-13-39(23-31)41-15-17-43-49-27-47-46(56-37(7)21-34(4)22-38(56)8)30-52-58-48(28-50-44-18-16-42(26-54(44)62-60(50)52)40-14-10-12-32(2)24-40)45(55-35(5)19-33(3)20-36(55)6)29-51(57(47)58)59(49)61-53(43)25-41/h9-34H,1-8H3;9-30H,1-8H3. The van der Waals surface area contributed by atoms with Gasteiger partial charge < -0.3 is 17.7 Å². The van der Waals surface area contributed by atoms with Gasteiger partial charge >= 0.3 is 0 Å². The van der Waals surface area contributed by atoms with E-state index in [1.807, 2.05) is 0 Å². The molecule has 608 valence electrons. The Morgan fingerprint density at radius 1 is 0.175 bits per heavy atom. The second-order valence-corrected chi connectivity index (χ2v) is 37.4. The number of hydrogen-bond acceptors (Lipinski definition) is 4. The molecule has 0 spiro atoms. The van der Waals surface area contributed by atoms with E-state index in [2.05, 4.69) is 390 Å². The van der Waals surface area contributed by atoms with Gasteiger partial charge in [-0.15, -0.1) is 0 Å². The van der Waals surface area contributed by atoms with Crippen LogP contribution in [0.5, 0.6) is 0 Å². The summed E-state index contributed by atoms with van der Waals surface area (Å²) in [6.45, 7) is 35.5. The summed E-state index contributed by atoms with van der Waals surface area (Å²) < 4.78 is 28.6. The van der Waals surface area contributed by atoms with E-state index >= 15 is 0 Å². The van der Waals surface area contributed by atoms with Gasteiger partial charge in [0.25, 0.3) is 0 Å². The van der Waals surface area contributed by atoms with Gasteiger partial charge in [0.15, 0.2) is 0 Å². The van der Waals surface area contributed by atoms with Crippen molar-refractivity contribution in [2.75, 3.05) is 0 Å². The van der Waals surface area contributed by atoms with Gasteiger partial charge in [-0.05, 0) is 336 Å². The van der Waals surface area contributed by atoms with Crippen LogP contribution in [0.4, 0.5) is 0 Å². The van der Waals surface area contributed by atoms with E-state index in [1.54, 1.807) is 0 Å². The third-order valence-electron chi connectivity index (χ3n) is 27.5. The van der Waals surface area contributed by atoms with E-state index in [-0.39, 0.29) is 0 Å². The van der Waals surface area contributed by atoms with Gasteiger partial charge in [0.05, 0.1) is 0 Å². The van der Waals surface area contributed by atoms with Crippen molar-refractivity contribution in [3.8, 4) is 89.0 Å². The van der Waals surface area contributed by atoms with Gasteiger partial charge in [-0.3, -0.25) is 0 Å². The van der Waals surface area contributed by atoms with Crippen LogP contribution in [0.2, 0.25) is 0 Å². The number of benzene rings is 20. The van der Waals surface area contributed by atoms with E-state index in [9.17, 15) is 0 Å². The van der Waals surface area contributed by atoms with Crippen molar-refractivity contribution in [2.24, 2.45) is 0 Å². The molecule has 0 aliphatic carbocycles. The molecule has 4 aromatic heterocycles. The lowest BCUT2D eigenvalue weighted by Gasteiger charge is -2.22. The van der Waals surface area contributed by atoms with E-state index in [0.717, 1.165) is 132 Å². The Labute approximate surface area is 733 Å². The predicted molar refractivity (Wildman–Crippen MR) is 538 cm³/mol. The molecule has 4 heteroatoms. The molecule has 0 bridgehead atoms. The Kier molecular flexibility index (Phi) is 17.4. The summed E-state index contributed by atoms with van der Waals surface area (Å²) in [5, 5.41) is 23.2. The largest absolute Gasteiger partial charge is 0.455 e. The van der Waals surface area contributed by atoms with Crippen LogP contribution in [0.15, 0.2) is 297 Å². The predicted octanol–water partition coefficient (Wildman–Crippen LogP) is 36.0. The first-order valence-corrected chi connectivity index (χ1v) is 44.6. The molecule has 4 heterocycles. The summed E-state index contributed by atoms with van der Waals surface area (Å²) in [6.07, 6.45) is 0. The third kappa shape index (κ3) is 12.2. The summed E-state index contributed by atoms with van der Waals surface area (Å²) >= 11 is 0. The van der Waals surface area contributed by atoms with Crippen LogP contribution in [-0.4, -0.2) is 0 Å². The molecule has 0 saturated carbocycles. The minimum Gasteiger partial charge on any atom is -0.455 e. The van der Waals surface area contributed by atoms with Crippen molar-refractivity contribution in [3.05, 3.63) is 357 Å². The Morgan fingerprint density at radius 3 is 0.730 bits per heavy atom. The minimum absolute atomic E-state index is 0.393. The topological polar surface area (TPSA) is 52.6 Å². The van der Waals surface area contributed by atoms with Crippen LogP contribution in [0.25, 0.3) is 241 Å². The lowest BCUT2D eigenvalue weighted by atomic mass is 9.81. The van der Waals surface area contributed by atoms with Crippen molar-refractivity contribution >= 4 is 152 Å². The molecular formula is C122H96O4. The number of furan rings is 4. The maximum absolute atomic E-state index is 7.17. The fourth-order valence-corrected chi connectivity index (χ4v) is 22.0. The molecule has 0 atom stereocenters. The molecule has 0 N–H and O–H groups in total. The van der Waals surface area contributed by atoms with E-state index in [0.29, 0.717) is 11.8 Å². The zero-order valence-corrected chi connectivity index (χ0v) is 74.3. The number of rotatable bonds is 10. The van der Waals surface area contributed by atoms with Crippen molar-refractivity contribution in [3.63, 3.8) is 0 Å². The van der Waals surface area contributed by atoms with Gasteiger partial charge in [-0.25, -0.2) is 0 Å². The Hall–Kier alpha value is -14.3. The van der Waals surface area contributed by atoms with Gasteiger partial charge in [0.2, 0.25) is 0 Å². The first-order valence-electron chi connectivity index (χ1n) is 44.6. The number of aryl methyl sites for hydroxylation is 12. The summed E-state index contributed by atoms with van der Waals surface area (Å²) in [4.78, 5) is 0. The zero-order chi connectivity index (χ0) is 86.0. The first kappa shape index (κ1) is 76.6. The highest BCUT2D eigenvalue weighted by Crippen LogP contribution is 2.56. The van der Waals surface area contributed by atoms with Gasteiger partial charge in [-0.2, -0.15) is 0 Å². The normalized spacial score (nSPS) is 12.3. The Balaban J connectivity index is 0.000000145. The maximum Gasteiger partial charge on any atom is 0.143 e. The SMILES string of the molecule is Cc1cc(C)cc(-c2ccc3c(c2)oc2c3cc3c(-c4cccc(C(C)C)c4)cc4c5oc6cc(-c7cc(C)cc(C)c7)ccc6c5cc5c(-c6cccc(C(C)C)c6)cc2c3c54)c1.Cc1cccc(-c2ccc3c(c2)oc2c3cc3c(-c4c(C)cc(C)cc4C)cc4c5oc6cc(-c7cccc(C)c7)ccc6c5cc5c(-c6c(C)cc(C)cc6C)cc2c3c54)c1. The van der Waals surface area contributed by atoms with Gasteiger partial charge in [0, 0.05) is 86.2 Å². The molecule has 0 aliphatic heterocycles. The van der Waals surface area contributed by atoms with Gasteiger partial charge in [-0.1, -0.05) is 254 Å². The molecule has 126 heavy (non-hydrogen) atoms. The molecule has 0 amide bonds. The second kappa shape index (κ2) is 28.6. The fraction of sp³-hybridized carbons (Fsp3) is 0.148. The highest BCUT2D eigenvalue weighted by Gasteiger charge is 2.30. The molecular weight excluding hydrogens is 1530 g/mol. The van der Waals surface area contributed by atoms with Crippen LogP contribution in [0.1, 0.15) is 117 Å². The number of fused-ring (bicyclic) bond motifs is 16. The van der Waals surface area contributed by atoms with Crippen molar-refractivity contribution < 1.29 is 17.7 Å². The molecule has 0 saturated heterocycles. The molecule has 4 nitrogen and oxygen atoms in total. The highest BCUT2D eigenvalue weighted by molar-refractivity contribution is 6.41. The first-order chi connectivity index (χ1) is 60.9. The number of hydrogen-bond donors (Lipinski definition) is 0. The van der Waals surface area contributed by atoms with E-state index in [4.69, 9.17) is 17.7 Å². The van der Waals surface area contributed by atoms with Crippen LogP contribution in [0.3, 0.4) is 0 Å². The van der Waals surface area contributed by atoms with Gasteiger partial charge in [0.1, 0.15) is 44.7 Å². The molecule has 24 aromatic rings. The average molecular weight is 1630 g/mol. The lowest BCUT2D eigenvalue weighted by molar-refractivity contribution is 0.672. The quantitative estimate of drug-likeness (QED) is 0.128. The summed E-state index contributed by atoms with van der Waals surface area (Å²) in [5.74, 6) is 0.786. The Bertz CT molecular complexity index is 8190. The van der Waals surface area contributed by atoms with E-state index in [1.165, 1.54) is 188 Å². The molecule has 0 aliphatic rings. The molecule has 20 aromatic carbocycles. The van der Waals surface area contributed by atoms with Crippen LogP contribution < -0.4 is 0 Å². The molecule has 0 unspecified atom stereocenters. The van der Waals surface area contributed by atoms with Crippen LogP contribution in [0, 0.1) is 83.1 Å². The zero-order valence-electron chi connectivity index (χ0n) is 74.3.